The Kier molecular flexibility index (Phi) is 7.68. The number of phenolic OH excluding ortho intramolecular Hbond substituents is 1. The van der Waals surface area contributed by atoms with Gasteiger partial charge in [-0.1, -0.05) is 19.9 Å². The first-order valence-electron chi connectivity index (χ1n) is 8.96. The maximum atomic E-state index is 12.3. The van der Waals surface area contributed by atoms with Crippen LogP contribution in [0.3, 0.4) is 0 Å². The first-order valence-corrected chi connectivity index (χ1v) is 8.96. The Labute approximate surface area is 164 Å². The normalized spacial score (nSPS) is 10.9. The highest BCUT2D eigenvalue weighted by Crippen LogP contribution is 2.29. The molecular formula is C21H26N2O5. The molecule has 0 atom stereocenters. The van der Waals surface area contributed by atoms with Crippen LogP contribution >= 0.6 is 0 Å². The van der Waals surface area contributed by atoms with E-state index in [1.807, 2.05) is 0 Å². The zero-order valence-electron chi connectivity index (χ0n) is 16.6. The summed E-state index contributed by atoms with van der Waals surface area (Å²) in [5.41, 5.74) is 3.22. The Morgan fingerprint density at radius 2 is 1.89 bits per heavy atom. The molecule has 2 rings (SSSR count). The highest BCUT2D eigenvalue weighted by molar-refractivity contribution is 5.95. The van der Waals surface area contributed by atoms with E-state index in [1.165, 1.54) is 20.4 Å². The van der Waals surface area contributed by atoms with E-state index in [1.54, 1.807) is 36.4 Å². The van der Waals surface area contributed by atoms with Crippen molar-refractivity contribution < 1.29 is 24.1 Å². The van der Waals surface area contributed by atoms with Crippen LogP contribution in [0.15, 0.2) is 41.5 Å². The van der Waals surface area contributed by atoms with E-state index in [2.05, 4.69) is 24.4 Å². The van der Waals surface area contributed by atoms with Crippen molar-refractivity contribution in [3.63, 3.8) is 0 Å². The van der Waals surface area contributed by atoms with E-state index in [0.29, 0.717) is 40.9 Å². The number of carbonyl (C=O) groups is 1. The van der Waals surface area contributed by atoms with E-state index in [-0.39, 0.29) is 5.75 Å². The zero-order chi connectivity index (χ0) is 20.5. The maximum absolute atomic E-state index is 12.3. The van der Waals surface area contributed by atoms with Gasteiger partial charge in [-0.15, -0.1) is 0 Å². The van der Waals surface area contributed by atoms with E-state index >= 15 is 0 Å². The fourth-order valence-electron chi connectivity index (χ4n) is 2.37. The van der Waals surface area contributed by atoms with Crippen molar-refractivity contribution in [1.82, 2.24) is 5.43 Å². The Morgan fingerprint density at radius 3 is 2.57 bits per heavy atom. The lowest BCUT2D eigenvalue weighted by Gasteiger charge is -2.12. The third kappa shape index (κ3) is 5.64. The molecule has 0 unspecified atom stereocenters. The number of methoxy groups -OCH3 is 2. The van der Waals surface area contributed by atoms with Crippen molar-refractivity contribution in [1.29, 1.82) is 0 Å². The Morgan fingerprint density at radius 1 is 1.14 bits per heavy atom. The molecule has 0 radical (unpaired) electrons. The predicted molar refractivity (Wildman–Crippen MR) is 108 cm³/mol. The van der Waals surface area contributed by atoms with E-state index in [4.69, 9.17) is 14.2 Å². The summed E-state index contributed by atoms with van der Waals surface area (Å²) in [6, 6.07) is 9.93. The van der Waals surface area contributed by atoms with Gasteiger partial charge in [0.05, 0.1) is 27.0 Å². The SMILES string of the molecule is COc1cc(C(=O)N/N=C/c2cccc(OC)c2O)ccc1OCCC(C)C. The topological polar surface area (TPSA) is 89.4 Å². The molecular weight excluding hydrogens is 360 g/mol. The predicted octanol–water partition coefficient (Wildman–Crippen LogP) is 3.60. The molecule has 0 saturated carbocycles. The van der Waals surface area contributed by atoms with Gasteiger partial charge in [0, 0.05) is 11.1 Å². The molecule has 2 N–H and O–H groups in total. The lowest BCUT2D eigenvalue weighted by atomic mass is 10.1. The van der Waals surface area contributed by atoms with Crippen molar-refractivity contribution in [2.75, 3.05) is 20.8 Å². The molecule has 0 aliphatic carbocycles. The van der Waals surface area contributed by atoms with Gasteiger partial charge in [-0.25, -0.2) is 5.43 Å². The molecule has 28 heavy (non-hydrogen) atoms. The first kappa shape index (κ1) is 21.1. The molecule has 2 aromatic rings. The van der Waals surface area contributed by atoms with Crippen molar-refractivity contribution in [3.8, 4) is 23.0 Å². The molecule has 0 spiro atoms. The molecule has 0 heterocycles. The number of nitrogens with zero attached hydrogens (tertiary/aromatic N) is 1. The largest absolute Gasteiger partial charge is 0.504 e. The monoisotopic (exact) mass is 386 g/mol. The molecule has 0 bridgehead atoms. The van der Waals surface area contributed by atoms with Crippen molar-refractivity contribution in [2.24, 2.45) is 11.0 Å². The highest BCUT2D eigenvalue weighted by Gasteiger charge is 2.11. The van der Waals surface area contributed by atoms with Crippen LogP contribution in [0.5, 0.6) is 23.0 Å². The number of rotatable bonds is 9. The second-order valence-corrected chi connectivity index (χ2v) is 6.49. The number of hydrazone groups is 1. The van der Waals surface area contributed by atoms with Gasteiger partial charge < -0.3 is 19.3 Å². The molecule has 1 amide bonds. The molecule has 7 heteroatoms. The van der Waals surface area contributed by atoms with Crippen LogP contribution in [0.2, 0.25) is 0 Å². The molecule has 7 nitrogen and oxygen atoms in total. The molecule has 2 aromatic carbocycles. The van der Waals surface area contributed by atoms with E-state index in [0.717, 1.165) is 6.42 Å². The summed E-state index contributed by atoms with van der Waals surface area (Å²) < 4.78 is 16.1. The Bertz CT molecular complexity index is 834. The fraction of sp³-hybridized carbons (Fsp3) is 0.333. The number of carbonyl (C=O) groups excluding carboxylic acids is 1. The summed E-state index contributed by atoms with van der Waals surface area (Å²) in [5, 5.41) is 13.9. The van der Waals surface area contributed by atoms with Gasteiger partial charge in [-0.3, -0.25) is 4.79 Å². The molecule has 0 aliphatic heterocycles. The van der Waals surface area contributed by atoms with Gasteiger partial charge in [0.15, 0.2) is 23.0 Å². The van der Waals surface area contributed by atoms with Gasteiger partial charge in [-0.2, -0.15) is 5.10 Å². The van der Waals surface area contributed by atoms with Crippen LogP contribution in [0.1, 0.15) is 36.2 Å². The molecule has 0 saturated heterocycles. The third-order valence-electron chi connectivity index (χ3n) is 4.00. The van der Waals surface area contributed by atoms with Crippen LogP contribution in [0.25, 0.3) is 0 Å². The van der Waals surface area contributed by atoms with Crippen LogP contribution in [-0.4, -0.2) is 38.1 Å². The van der Waals surface area contributed by atoms with Crippen LogP contribution in [0.4, 0.5) is 0 Å². The van der Waals surface area contributed by atoms with Gasteiger partial charge in [0.1, 0.15) is 0 Å². The summed E-state index contributed by atoms with van der Waals surface area (Å²) in [7, 11) is 2.98. The maximum Gasteiger partial charge on any atom is 0.271 e. The number of para-hydroxylation sites is 1. The van der Waals surface area contributed by atoms with E-state index in [9.17, 15) is 9.90 Å². The quantitative estimate of drug-likeness (QED) is 0.508. The summed E-state index contributed by atoms with van der Waals surface area (Å²) in [4.78, 5) is 12.3. The summed E-state index contributed by atoms with van der Waals surface area (Å²) in [6.07, 6.45) is 2.27. The summed E-state index contributed by atoms with van der Waals surface area (Å²) in [6.45, 7) is 4.83. The van der Waals surface area contributed by atoms with Crippen LogP contribution < -0.4 is 19.6 Å². The average molecular weight is 386 g/mol. The van der Waals surface area contributed by atoms with Gasteiger partial charge >= 0.3 is 0 Å². The van der Waals surface area contributed by atoms with E-state index < -0.39 is 5.91 Å². The first-order chi connectivity index (χ1) is 13.5. The van der Waals surface area contributed by atoms with Crippen LogP contribution in [0, 0.1) is 5.92 Å². The number of hydrogen-bond acceptors (Lipinski definition) is 6. The molecule has 0 aromatic heterocycles. The average Bonchev–Trinajstić information content (AvgIpc) is 2.69. The van der Waals surface area contributed by atoms with Crippen molar-refractivity contribution in [3.05, 3.63) is 47.5 Å². The second kappa shape index (κ2) is 10.2. The minimum absolute atomic E-state index is 0.0485. The molecule has 150 valence electrons. The summed E-state index contributed by atoms with van der Waals surface area (Å²) >= 11 is 0. The Balaban J connectivity index is 2.04. The van der Waals surface area contributed by atoms with Crippen molar-refractivity contribution in [2.45, 2.75) is 20.3 Å². The Hall–Kier alpha value is -3.22. The summed E-state index contributed by atoms with van der Waals surface area (Å²) in [5.74, 6) is 1.47. The number of benzene rings is 2. The second-order valence-electron chi connectivity index (χ2n) is 6.49. The lowest BCUT2D eigenvalue weighted by molar-refractivity contribution is 0.0954. The van der Waals surface area contributed by atoms with Gasteiger partial charge in [0.25, 0.3) is 5.91 Å². The number of phenols is 1. The van der Waals surface area contributed by atoms with Gasteiger partial charge in [0.2, 0.25) is 0 Å². The minimum atomic E-state index is -0.411. The number of ether oxygens (including phenoxy) is 3. The highest BCUT2D eigenvalue weighted by atomic mass is 16.5. The fourth-order valence-corrected chi connectivity index (χ4v) is 2.37. The molecule has 0 fully saturated rings. The van der Waals surface area contributed by atoms with Crippen LogP contribution in [-0.2, 0) is 0 Å². The number of hydrogen-bond donors (Lipinski definition) is 2. The van der Waals surface area contributed by atoms with Gasteiger partial charge in [-0.05, 0) is 42.7 Å². The number of aromatic hydroxyl groups is 1. The smallest absolute Gasteiger partial charge is 0.271 e. The number of nitrogens with one attached hydrogen (secondary N) is 1. The standard InChI is InChI=1S/C21H26N2O5/c1-14(2)10-11-28-17-9-8-15(12-19(17)27-4)21(25)23-22-13-16-6-5-7-18(26-3)20(16)24/h5-9,12-14,24H,10-11H2,1-4H3,(H,23,25)/b22-13+. The molecule has 0 aliphatic rings. The lowest BCUT2D eigenvalue weighted by Crippen LogP contribution is -2.17. The third-order valence-corrected chi connectivity index (χ3v) is 4.00. The van der Waals surface area contributed by atoms with Crippen molar-refractivity contribution >= 4 is 12.1 Å². The zero-order valence-corrected chi connectivity index (χ0v) is 16.6. The minimum Gasteiger partial charge on any atom is -0.504 e. The number of amides is 1.